The van der Waals surface area contributed by atoms with Gasteiger partial charge in [-0.15, -0.1) is 0 Å². The number of carboxylic acids is 1. The molecule has 1 N–H and O–H groups in total. The molecule has 20 heavy (non-hydrogen) atoms. The Morgan fingerprint density at radius 1 is 1.30 bits per heavy atom. The Balaban J connectivity index is 2.33. The molecule has 0 heterocycles. The Morgan fingerprint density at radius 3 is 2.50 bits per heavy atom. The fourth-order valence-electron chi connectivity index (χ4n) is 1.43. The van der Waals surface area contributed by atoms with Crippen LogP contribution in [0.4, 0.5) is 0 Å². The first-order valence-electron chi connectivity index (χ1n) is 6.74. The zero-order valence-electron chi connectivity index (χ0n) is 12.2. The van der Waals surface area contributed by atoms with Crippen LogP contribution in [0.5, 0.6) is 5.75 Å². The van der Waals surface area contributed by atoms with E-state index in [1.165, 1.54) is 0 Å². The number of ether oxygens (including phenoxy) is 1. The Morgan fingerprint density at radius 2 is 1.95 bits per heavy atom. The monoisotopic (exact) mass is 294 g/mol. The van der Waals surface area contributed by atoms with Crippen LogP contribution in [0.2, 0.25) is 0 Å². The molecule has 0 amide bonds. The average molecular weight is 294 g/mol. The first-order chi connectivity index (χ1) is 9.49. The minimum Gasteiger partial charge on any atom is -0.493 e. The quantitative estimate of drug-likeness (QED) is 0.582. The highest BCUT2D eigenvalue weighted by Gasteiger charge is 2.06. The van der Waals surface area contributed by atoms with Crippen LogP contribution in [-0.2, 0) is 4.79 Å². The molecule has 0 aliphatic carbocycles. The summed E-state index contributed by atoms with van der Waals surface area (Å²) in [6, 6.07) is 7.41. The summed E-state index contributed by atoms with van der Waals surface area (Å²) < 4.78 is 5.66. The van der Waals surface area contributed by atoms with E-state index in [1.807, 2.05) is 36.0 Å². The van der Waals surface area contributed by atoms with Crippen molar-refractivity contribution >= 4 is 23.8 Å². The molecule has 1 aromatic carbocycles. The van der Waals surface area contributed by atoms with Gasteiger partial charge in [-0.05, 0) is 29.7 Å². The second-order valence-corrected chi connectivity index (χ2v) is 6.39. The van der Waals surface area contributed by atoms with E-state index in [9.17, 15) is 4.79 Å². The van der Waals surface area contributed by atoms with Crippen molar-refractivity contribution in [3.8, 4) is 5.75 Å². The molecule has 0 radical (unpaired) electrons. The molecule has 0 aliphatic rings. The molecule has 1 unspecified atom stereocenters. The summed E-state index contributed by atoms with van der Waals surface area (Å²) in [4.78, 5) is 10.4. The molecule has 4 heteroatoms. The number of thioether (sulfide) groups is 1. The van der Waals surface area contributed by atoms with Crippen LogP contribution in [0.1, 0.15) is 26.3 Å². The molecular weight excluding hydrogens is 272 g/mol. The number of aliphatic carboxylic acids is 1. The van der Waals surface area contributed by atoms with Crippen molar-refractivity contribution in [3.05, 3.63) is 35.9 Å². The van der Waals surface area contributed by atoms with Gasteiger partial charge in [0, 0.05) is 17.1 Å². The maximum Gasteiger partial charge on any atom is 0.328 e. The van der Waals surface area contributed by atoms with Crippen molar-refractivity contribution in [1.82, 2.24) is 0 Å². The van der Waals surface area contributed by atoms with E-state index in [2.05, 4.69) is 20.8 Å². The smallest absolute Gasteiger partial charge is 0.328 e. The maximum atomic E-state index is 10.4. The Bertz CT molecular complexity index is 438. The molecule has 0 bridgehead atoms. The molecule has 3 nitrogen and oxygen atoms in total. The fraction of sp³-hybridized carbons (Fsp3) is 0.438. The highest BCUT2D eigenvalue weighted by molar-refractivity contribution is 7.99. The summed E-state index contributed by atoms with van der Waals surface area (Å²) in [6.45, 7) is 7.37. The Labute approximate surface area is 125 Å². The highest BCUT2D eigenvalue weighted by atomic mass is 32.2. The van der Waals surface area contributed by atoms with Crippen LogP contribution in [-0.4, -0.2) is 28.7 Å². The number of rotatable bonds is 8. The van der Waals surface area contributed by atoms with Crippen molar-refractivity contribution in [3.63, 3.8) is 0 Å². The van der Waals surface area contributed by atoms with Gasteiger partial charge in [-0.25, -0.2) is 4.79 Å². The third kappa shape index (κ3) is 6.66. The SMILES string of the molecule is CC(C)C(C)SCCOc1ccc(/C=C/C(=O)O)cc1. The number of carbonyl (C=O) groups is 1. The van der Waals surface area contributed by atoms with E-state index >= 15 is 0 Å². The molecule has 0 aromatic heterocycles. The minimum atomic E-state index is -0.943. The van der Waals surface area contributed by atoms with Gasteiger partial charge < -0.3 is 9.84 Å². The van der Waals surface area contributed by atoms with E-state index in [1.54, 1.807) is 6.08 Å². The molecule has 110 valence electrons. The molecule has 0 spiro atoms. The van der Waals surface area contributed by atoms with Gasteiger partial charge in [0.1, 0.15) is 5.75 Å². The van der Waals surface area contributed by atoms with Crippen molar-refractivity contribution in [2.75, 3.05) is 12.4 Å². The molecule has 0 saturated heterocycles. The standard InChI is InChI=1S/C16H22O3S/c1-12(2)13(3)20-11-10-19-15-7-4-14(5-8-15)6-9-16(17)18/h4-9,12-13H,10-11H2,1-3H3,(H,17,18)/b9-6+. The van der Waals surface area contributed by atoms with Crippen molar-refractivity contribution < 1.29 is 14.6 Å². The average Bonchev–Trinajstić information content (AvgIpc) is 2.42. The van der Waals surface area contributed by atoms with Crippen LogP contribution in [0.25, 0.3) is 6.08 Å². The second-order valence-electron chi connectivity index (χ2n) is 4.91. The lowest BCUT2D eigenvalue weighted by atomic mass is 10.2. The lowest BCUT2D eigenvalue weighted by Gasteiger charge is -2.15. The maximum absolute atomic E-state index is 10.4. The third-order valence-corrected chi connectivity index (χ3v) is 4.44. The summed E-state index contributed by atoms with van der Waals surface area (Å²) in [5.74, 6) is 1.53. The molecule has 1 rings (SSSR count). The summed E-state index contributed by atoms with van der Waals surface area (Å²) in [7, 11) is 0. The van der Waals surface area contributed by atoms with Crippen molar-refractivity contribution in [2.24, 2.45) is 5.92 Å². The number of hydrogen-bond acceptors (Lipinski definition) is 3. The molecular formula is C16H22O3S. The number of benzene rings is 1. The van der Waals surface area contributed by atoms with Crippen molar-refractivity contribution in [1.29, 1.82) is 0 Å². The van der Waals surface area contributed by atoms with Crippen LogP contribution in [0, 0.1) is 5.92 Å². The highest BCUT2D eigenvalue weighted by Crippen LogP contribution is 2.19. The largest absolute Gasteiger partial charge is 0.493 e. The molecule has 0 aliphatic heterocycles. The zero-order valence-corrected chi connectivity index (χ0v) is 13.0. The molecule has 1 atom stereocenters. The van der Waals surface area contributed by atoms with E-state index in [0.29, 0.717) is 17.8 Å². The van der Waals surface area contributed by atoms with Gasteiger partial charge in [0.05, 0.1) is 6.61 Å². The van der Waals surface area contributed by atoms with E-state index in [-0.39, 0.29) is 0 Å². The van der Waals surface area contributed by atoms with Crippen molar-refractivity contribution in [2.45, 2.75) is 26.0 Å². The van der Waals surface area contributed by atoms with Gasteiger partial charge in [0.2, 0.25) is 0 Å². The lowest BCUT2D eigenvalue weighted by Crippen LogP contribution is -2.09. The first-order valence-corrected chi connectivity index (χ1v) is 7.79. The van der Waals surface area contributed by atoms with Gasteiger partial charge in [0.15, 0.2) is 0 Å². The van der Waals surface area contributed by atoms with Gasteiger partial charge in [-0.3, -0.25) is 0 Å². The summed E-state index contributed by atoms with van der Waals surface area (Å²) >= 11 is 1.92. The number of hydrogen-bond donors (Lipinski definition) is 1. The minimum absolute atomic E-state index is 0.641. The number of carboxylic acid groups (broad SMARTS) is 1. The molecule has 0 saturated carbocycles. The normalized spacial score (nSPS) is 12.8. The van der Waals surface area contributed by atoms with Crippen LogP contribution >= 0.6 is 11.8 Å². The molecule has 1 aromatic rings. The zero-order chi connectivity index (χ0) is 15.0. The topological polar surface area (TPSA) is 46.5 Å². The third-order valence-electron chi connectivity index (χ3n) is 2.97. The molecule has 0 fully saturated rings. The second kappa shape index (κ2) is 8.69. The Kier molecular flexibility index (Phi) is 7.23. The van der Waals surface area contributed by atoms with Crippen LogP contribution < -0.4 is 4.74 Å². The van der Waals surface area contributed by atoms with Gasteiger partial charge in [-0.2, -0.15) is 11.8 Å². The van der Waals surface area contributed by atoms with Gasteiger partial charge >= 0.3 is 5.97 Å². The van der Waals surface area contributed by atoms with Gasteiger partial charge in [-0.1, -0.05) is 32.9 Å². The van der Waals surface area contributed by atoms with Gasteiger partial charge in [0.25, 0.3) is 0 Å². The van der Waals surface area contributed by atoms with E-state index < -0.39 is 5.97 Å². The predicted molar refractivity (Wildman–Crippen MR) is 85.4 cm³/mol. The summed E-state index contributed by atoms with van der Waals surface area (Å²) in [5.41, 5.74) is 0.850. The summed E-state index contributed by atoms with van der Waals surface area (Å²) in [5, 5.41) is 9.18. The van der Waals surface area contributed by atoms with Crippen LogP contribution in [0.15, 0.2) is 30.3 Å². The van der Waals surface area contributed by atoms with Crippen LogP contribution in [0.3, 0.4) is 0 Å². The first kappa shape index (κ1) is 16.6. The van der Waals surface area contributed by atoms with E-state index in [0.717, 1.165) is 23.1 Å². The fourth-order valence-corrected chi connectivity index (χ4v) is 2.36. The summed E-state index contributed by atoms with van der Waals surface area (Å²) in [6.07, 6.45) is 2.69. The Hall–Kier alpha value is -1.42. The lowest BCUT2D eigenvalue weighted by molar-refractivity contribution is -0.131. The van der Waals surface area contributed by atoms with E-state index in [4.69, 9.17) is 9.84 Å². The predicted octanol–water partition coefficient (Wildman–Crippen LogP) is 3.94.